The molecule has 0 aliphatic rings. The van der Waals surface area contributed by atoms with Gasteiger partial charge in [0.2, 0.25) is 0 Å². The SMILES string of the molecule is CCN(CCC#N)C(=O)c1ccc(Cl)nc1. The number of nitriles is 1. The highest BCUT2D eigenvalue weighted by Gasteiger charge is 2.13. The molecule has 1 amide bonds. The first-order valence-electron chi connectivity index (χ1n) is 4.96. The zero-order valence-corrected chi connectivity index (χ0v) is 9.74. The molecule has 1 aromatic rings. The van der Waals surface area contributed by atoms with E-state index in [1.807, 2.05) is 13.0 Å². The maximum Gasteiger partial charge on any atom is 0.255 e. The molecule has 0 aliphatic heterocycles. The van der Waals surface area contributed by atoms with E-state index in [4.69, 9.17) is 16.9 Å². The first-order valence-corrected chi connectivity index (χ1v) is 5.34. The first kappa shape index (κ1) is 12.5. The van der Waals surface area contributed by atoms with E-state index < -0.39 is 0 Å². The zero-order valence-electron chi connectivity index (χ0n) is 8.98. The van der Waals surface area contributed by atoms with E-state index in [-0.39, 0.29) is 5.91 Å². The Morgan fingerprint density at radius 1 is 1.62 bits per heavy atom. The summed E-state index contributed by atoms with van der Waals surface area (Å²) in [4.78, 5) is 17.4. The monoisotopic (exact) mass is 237 g/mol. The molecule has 0 aromatic carbocycles. The third-order valence-corrected chi connectivity index (χ3v) is 2.36. The highest BCUT2D eigenvalue weighted by molar-refractivity contribution is 6.29. The molecular weight excluding hydrogens is 226 g/mol. The molecule has 1 heterocycles. The van der Waals surface area contributed by atoms with E-state index in [1.165, 1.54) is 6.20 Å². The number of carbonyl (C=O) groups is 1. The molecular formula is C11H12ClN3O. The average molecular weight is 238 g/mol. The molecule has 0 spiro atoms. The summed E-state index contributed by atoms with van der Waals surface area (Å²) in [6.45, 7) is 2.89. The summed E-state index contributed by atoms with van der Waals surface area (Å²) >= 11 is 5.63. The van der Waals surface area contributed by atoms with E-state index in [9.17, 15) is 4.79 Å². The predicted octanol–water partition coefficient (Wildman–Crippen LogP) is 2.11. The molecule has 0 bridgehead atoms. The van der Waals surface area contributed by atoms with Crippen LogP contribution < -0.4 is 0 Å². The minimum Gasteiger partial charge on any atom is -0.338 e. The molecule has 1 aromatic heterocycles. The Kier molecular flexibility index (Phi) is 4.74. The summed E-state index contributed by atoms with van der Waals surface area (Å²) in [6, 6.07) is 5.23. The molecule has 0 saturated carbocycles. The van der Waals surface area contributed by atoms with Gasteiger partial charge in [0.05, 0.1) is 18.1 Å². The van der Waals surface area contributed by atoms with Crippen molar-refractivity contribution in [3.63, 3.8) is 0 Å². The molecule has 5 heteroatoms. The van der Waals surface area contributed by atoms with Crippen LogP contribution in [0.3, 0.4) is 0 Å². The van der Waals surface area contributed by atoms with Gasteiger partial charge in [-0.25, -0.2) is 4.98 Å². The van der Waals surface area contributed by atoms with Crippen molar-refractivity contribution in [3.8, 4) is 6.07 Å². The van der Waals surface area contributed by atoms with Gasteiger partial charge in [0.25, 0.3) is 5.91 Å². The lowest BCUT2D eigenvalue weighted by Gasteiger charge is -2.19. The van der Waals surface area contributed by atoms with E-state index in [0.717, 1.165) is 0 Å². The highest BCUT2D eigenvalue weighted by atomic mass is 35.5. The molecule has 0 saturated heterocycles. The van der Waals surface area contributed by atoms with E-state index >= 15 is 0 Å². The number of aromatic nitrogens is 1. The third kappa shape index (κ3) is 3.21. The molecule has 0 unspecified atom stereocenters. The van der Waals surface area contributed by atoms with Gasteiger partial charge in [-0.05, 0) is 19.1 Å². The molecule has 0 radical (unpaired) electrons. The topological polar surface area (TPSA) is 57.0 Å². The van der Waals surface area contributed by atoms with Crippen LogP contribution in [0, 0.1) is 11.3 Å². The van der Waals surface area contributed by atoms with Crippen LogP contribution in [-0.4, -0.2) is 28.9 Å². The van der Waals surface area contributed by atoms with Crippen molar-refractivity contribution in [1.29, 1.82) is 5.26 Å². The molecule has 0 atom stereocenters. The van der Waals surface area contributed by atoms with Gasteiger partial charge in [-0.3, -0.25) is 4.79 Å². The van der Waals surface area contributed by atoms with Gasteiger partial charge < -0.3 is 4.90 Å². The minimum atomic E-state index is -0.123. The number of amides is 1. The van der Waals surface area contributed by atoms with Crippen LogP contribution in [0.5, 0.6) is 0 Å². The highest BCUT2D eigenvalue weighted by Crippen LogP contribution is 2.08. The van der Waals surface area contributed by atoms with Gasteiger partial charge in [-0.2, -0.15) is 5.26 Å². The van der Waals surface area contributed by atoms with Crippen molar-refractivity contribution in [3.05, 3.63) is 29.0 Å². The standard InChI is InChI=1S/C11H12ClN3O/c1-2-15(7-3-6-13)11(16)9-4-5-10(12)14-8-9/h4-5,8H,2-3,7H2,1H3. The smallest absolute Gasteiger partial charge is 0.255 e. The molecule has 0 N–H and O–H groups in total. The minimum absolute atomic E-state index is 0.123. The lowest BCUT2D eigenvalue weighted by molar-refractivity contribution is 0.0767. The number of pyridine rings is 1. The van der Waals surface area contributed by atoms with Crippen LogP contribution in [0.15, 0.2) is 18.3 Å². The Morgan fingerprint density at radius 3 is 2.88 bits per heavy atom. The van der Waals surface area contributed by atoms with Crippen LogP contribution in [-0.2, 0) is 0 Å². The van der Waals surface area contributed by atoms with E-state index in [2.05, 4.69) is 4.98 Å². The largest absolute Gasteiger partial charge is 0.338 e. The molecule has 0 aliphatic carbocycles. The van der Waals surface area contributed by atoms with Gasteiger partial charge in [-0.1, -0.05) is 11.6 Å². The second-order valence-corrected chi connectivity index (χ2v) is 3.55. The van der Waals surface area contributed by atoms with E-state index in [0.29, 0.717) is 30.2 Å². The second-order valence-electron chi connectivity index (χ2n) is 3.16. The van der Waals surface area contributed by atoms with Crippen LogP contribution in [0.2, 0.25) is 5.15 Å². The molecule has 16 heavy (non-hydrogen) atoms. The Balaban J connectivity index is 2.75. The van der Waals surface area contributed by atoms with Crippen LogP contribution in [0.4, 0.5) is 0 Å². The third-order valence-electron chi connectivity index (χ3n) is 2.14. The lowest BCUT2D eigenvalue weighted by Crippen LogP contribution is -2.31. The summed E-state index contributed by atoms with van der Waals surface area (Å²) in [6.07, 6.45) is 1.78. The number of carbonyl (C=O) groups excluding carboxylic acids is 1. The molecule has 4 nitrogen and oxygen atoms in total. The quantitative estimate of drug-likeness (QED) is 0.754. The Hall–Kier alpha value is -1.60. The number of halogens is 1. The van der Waals surface area contributed by atoms with Crippen LogP contribution >= 0.6 is 11.6 Å². The average Bonchev–Trinajstić information content (AvgIpc) is 2.30. The maximum absolute atomic E-state index is 11.9. The van der Waals surface area contributed by atoms with Crippen molar-refractivity contribution in [2.45, 2.75) is 13.3 Å². The number of nitrogens with zero attached hydrogens (tertiary/aromatic N) is 3. The second kappa shape index (κ2) is 6.09. The Bertz CT molecular complexity index is 397. The summed E-state index contributed by atoms with van der Waals surface area (Å²) in [5, 5.41) is 8.84. The summed E-state index contributed by atoms with van der Waals surface area (Å²) in [7, 11) is 0. The van der Waals surface area contributed by atoms with Gasteiger partial charge in [-0.15, -0.1) is 0 Å². The number of hydrogen-bond acceptors (Lipinski definition) is 3. The van der Waals surface area contributed by atoms with Crippen molar-refractivity contribution in [2.24, 2.45) is 0 Å². The first-order chi connectivity index (χ1) is 7.69. The molecule has 0 fully saturated rings. The van der Waals surface area contributed by atoms with Crippen molar-refractivity contribution in [2.75, 3.05) is 13.1 Å². The van der Waals surface area contributed by atoms with Crippen molar-refractivity contribution < 1.29 is 4.79 Å². The molecule has 84 valence electrons. The molecule has 1 rings (SSSR count). The van der Waals surface area contributed by atoms with Gasteiger partial charge >= 0.3 is 0 Å². The normalized spacial score (nSPS) is 9.56. The fourth-order valence-corrected chi connectivity index (χ4v) is 1.38. The van der Waals surface area contributed by atoms with Crippen LogP contribution in [0.1, 0.15) is 23.7 Å². The number of hydrogen-bond donors (Lipinski definition) is 0. The lowest BCUT2D eigenvalue weighted by atomic mass is 10.2. The fourth-order valence-electron chi connectivity index (χ4n) is 1.27. The zero-order chi connectivity index (χ0) is 12.0. The Morgan fingerprint density at radius 2 is 2.38 bits per heavy atom. The maximum atomic E-state index is 11.9. The summed E-state index contributed by atoms with van der Waals surface area (Å²) in [5.74, 6) is -0.123. The Labute approximate surface area is 99.5 Å². The van der Waals surface area contributed by atoms with Crippen LogP contribution in [0.25, 0.3) is 0 Å². The van der Waals surface area contributed by atoms with Gasteiger partial charge in [0, 0.05) is 19.3 Å². The van der Waals surface area contributed by atoms with Gasteiger partial charge in [0.15, 0.2) is 0 Å². The van der Waals surface area contributed by atoms with Crippen molar-refractivity contribution in [1.82, 2.24) is 9.88 Å². The van der Waals surface area contributed by atoms with Crippen molar-refractivity contribution >= 4 is 17.5 Å². The predicted molar refractivity (Wildman–Crippen MR) is 61.1 cm³/mol. The fraction of sp³-hybridized carbons (Fsp3) is 0.364. The summed E-state index contributed by atoms with van der Waals surface area (Å²) < 4.78 is 0. The van der Waals surface area contributed by atoms with E-state index in [1.54, 1.807) is 17.0 Å². The number of rotatable bonds is 4. The van der Waals surface area contributed by atoms with Gasteiger partial charge in [0.1, 0.15) is 5.15 Å². The summed E-state index contributed by atoms with van der Waals surface area (Å²) in [5.41, 5.74) is 0.490.